The highest BCUT2D eigenvalue weighted by Gasteiger charge is 2.62. The summed E-state index contributed by atoms with van der Waals surface area (Å²) in [5.74, 6) is 3.68. The molecule has 4 saturated carbocycles. The van der Waals surface area contributed by atoms with Crippen LogP contribution in [0.5, 0.6) is 0 Å². The quantitative estimate of drug-likeness (QED) is 0.699. The predicted octanol–water partition coefficient (Wildman–Crippen LogP) is 4.78. The zero-order valence-electron chi connectivity index (χ0n) is 15.1. The van der Waals surface area contributed by atoms with Crippen LogP contribution in [-0.4, -0.2) is 11.2 Å². The smallest absolute Gasteiger partial charge is 0.0661 e. The number of hydrogen-bond acceptors (Lipinski definition) is 2. The fraction of sp³-hybridized carbons (Fsp3) is 0.952. The van der Waals surface area contributed by atoms with Crippen LogP contribution >= 0.6 is 0 Å². The van der Waals surface area contributed by atoms with E-state index >= 15 is 0 Å². The molecule has 0 spiro atoms. The van der Waals surface area contributed by atoms with Crippen LogP contribution in [0.3, 0.4) is 0 Å². The molecule has 0 amide bonds. The van der Waals surface area contributed by atoms with Gasteiger partial charge in [0.15, 0.2) is 0 Å². The van der Waals surface area contributed by atoms with Gasteiger partial charge in [0.25, 0.3) is 0 Å². The van der Waals surface area contributed by atoms with E-state index in [4.69, 9.17) is 0 Å². The third-order valence-electron chi connectivity index (χ3n) is 9.01. The molecule has 9 atom stereocenters. The van der Waals surface area contributed by atoms with Crippen molar-refractivity contribution in [1.29, 1.82) is 5.26 Å². The van der Waals surface area contributed by atoms with Crippen LogP contribution in [-0.2, 0) is 0 Å². The first-order valence-corrected chi connectivity index (χ1v) is 9.98. The molecule has 0 aliphatic heterocycles. The van der Waals surface area contributed by atoms with Crippen LogP contribution in [0.4, 0.5) is 0 Å². The minimum absolute atomic E-state index is 0.0699. The largest absolute Gasteiger partial charge is 0.393 e. The van der Waals surface area contributed by atoms with Gasteiger partial charge >= 0.3 is 0 Å². The first-order chi connectivity index (χ1) is 10.9. The number of hydrogen-bond donors (Lipinski definition) is 1. The van der Waals surface area contributed by atoms with E-state index < -0.39 is 0 Å². The summed E-state index contributed by atoms with van der Waals surface area (Å²) in [6.07, 6.45) is 9.64. The van der Waals surface area contributed by atoms with Gasteiger partial charge in [-0.25, -0.2) is 0 Å². The van der Waals surface area contributed by atoms with Crippen molar-refractivity contribution in [3.05, 3.63) is 0 Å². The molecule has 2 heteroatoms. The Morgan fingerprint density at radius 3 is 2.57 bits per heavy atom. The van der Waals surface area contributed by atoms with Gasteiger partial charge in [0.2, 0.25) is 0 Å². The lowest BCUT2D eigenvalue weighted by atomic mass is 9.43. The number of fused-ring (bicyclic) bond motifs is 5. The average molecular weight is 316 g/mol. The van der Waals surface area contributed by atoms with Gasteiger partial charge in [0.05, 0.1) is 18.1 Å². The van der Waals surface area contributed by atoms with E-state index in [0.29, 0.717) is 23.2 Å². The summed E-state index contributed by atoms with van der Waals surface area (Å²) < 4.78 is 0. The highest BCUT2D eigenvalue weighted by atomic mass is 16.3. The van der Waals surface area contributed by atoms with E-state index in [1.54, 1.807) is 0 Å². The second kappa shape index (κ2) is 5.22. The molecule has 2 nitrogen and oxygen atoms in total. The third-order valence-corrected chi connectivity index (χ3v) is 9.01. The number of nitrogens with zero attached hydrogens (tertiary/aromatic N) is 1. The molecular formula is C21H33NO. The summed E-state index contributed by atoms with van der Waals surface area (Å²) in [5, 5.41) is 20.8. The van der Waals surface area contributed by atoms with E-state index in [2.05, 4.69) is 26.8 Å². The van der Waals surface area contributed by atoms with E-state index in [0.717, 1.165) is 24.7 Å². The maximum atomic E-state index is 11.2. The number of aliphatic hydroxyl groups is 1. The Morgan fingerprint density at radius 1 is 1.04 bits per heavy atom. The number of nitriles is 1. The van der Waals surface area contributed by atoms with Crippen molar-refractivity contribution in [3.8, 4) is 6.07 Å². The van der Waals surface area contributed by atoms with E-state index in [1.165, 1.54) is 38.5 Å². The Labute approximate surface area is 141 Å². The molecule has 1 N–H and O–H groups in total. The summed E-state index contributed by atoms with van der Waals surface area (Å²) in [6, 6.07) is 2.58. The van der Waals surface area contributed by atoms with Crippen LogP contribution in [0.2, 0.25) is 0 Å². The fourth-order valence-electron chi connectivity index (χ4n) is 7.81. The highest BCUT2D eigenvalue weighted by Crippen LogP contribution is 2.67. The Kier molecular flexibility index (Phi) is 3.62. The van der Waals surface area contributed by atoms with Crippen LogP contribution in [0.1, 0.15) is 72.1 Å². The average Bonchev–Trinajstić information content (AvgIpc) is 2.83. The molecule has 0 aromatic heterocycles. The van der Waals surface area contributed by atoms with Crippen molar-refractivity contribution in [2.24, 2.45) is 46.3 Å². The Balaban J connectivity index is 1.68. The van der Waals surface area contributed by atoms with Crippen molar-refractivity contribution in [2.75, 3.05) is 0 Å². The fourth-order valence-corrected chi connectivity index (χ4v) is 7.81. The minimum atomic E-state index is -0.184. The summed E-state index contributed by atoms with van der Waals surface area (Å²) in [6.45, 7) is 7.23. The van der Waals surface area contributed by atoms with Gasteiger partial charge in [-0.05, 0) is 85.4 Å². The van der Waals surface area contributed by atoms with Crippen LogP contribution in [0, 0.1) is 57.7 Å². The van der Waals surface area contributed by atoms with Gasteiger partial charge in [-0.15, -0.1) is 0 Å². The molecule has 4 aliphatic carbocycles. The first-order valence-electron chi connectivity index (χ1n) is 9.98. The Bertz CT molecular complexity index is 524. The topological polar surface area (TPSA) is 44.0 Å². The number of rotatable bonds is 0. The van der Waals surface area contributed by atoms with Gasteiger partial charge in [-0.2, -0.15) is 5.26 Å². The van der Waals surface area contributed by atoms with Crippen molar-refractivity contribution < 1.29 is 5.11 Å². The van der Waals surface area contributed by atoms with E-state index in [1.807, 2.05) is 0 Å². The second-order valence-electron chi connectivity index (χ2n) is 9.99. The zero-order valence-corrected chi connectivity index (χ0v) is 15.1. The predicted molar refractivity (Wildman–Crippen MR) is 91.4 cm³/mol. The third kappa shape index (κ3) is 2.08. The second-order valence-corrected chi connectivity index (χ2v) is 9.99. The van der Waals surface area contributed by atoms with Gasteiger partial charge in [0, 0.05) is 0 Å². The van der Waals surface area contributed by atoms with Gasteiger partial charge in [0.1, 0.15) is 0 Å². The van der Waals surface area contributed by atoms with E-state index in [9.17, 15) is 10.4 Å². The van der Waals surface area contributed by atoms with Crippen LogP contribution in [0.15, 0.2) is 0 Å². The van der Waals surface area contributed by atoms with Crippen LogP contribution < -0.4 is 0 Å². The molecule has 0 aromatic rings. The molecular weight excluding hydrogens is 282 g/mol. The molecule has 0 aromatic carbocycles. The Morgan fingerprint density at radius 2 is 1.83 bits per heavy atom. The van der Waals surface area contributed by atoms with Crippen molar-refractivity contribution in [2.45, 2.75) is 78.2 Å². The van der Waals surface area contributed by atoms with Crippen molar-refractivity contribution in [3.63, 3.8) is 0 Å². The molecule has 0 bridgehead atoms. The van der Waals surface area contributed by atoms with Gasteiger partial charge in [-0.1, -0.05) is 27.2 Å². The molecule has 23 heavy (non-hydrogen) atoms. The van der Waals surface area contributed by atoms with Crippen LogP contribution in [0.25, 0.3) is 0 Å². The standard InChI is InChI=1S/C21H33NO/c1-13-8-9-20(2)14(10-13)4-6-16-17-7-5-15(12-22)21(17,3)11-18(23)19(16)20/h13-19,23H,4-11H2,1-3H3/t13-,14+,15-,16+,17+,18-,19?,20+,21-/m1/s1. The number of aliphatic hydroxyl groups excluding tert-OH is 1. The molecule has 0 saturated heterocycles. The normalized spacial score (nSPS) is 58.7. The molecule has 4 rings (SSSR count). The molecule has 128 valence electrons. The maximum Gasteiger partial charge on any atom is 0.0661 e. The monoisotopic (exact) mass is 315 g/mol. The molecule has 0 heterocycles. The van der Waals surface area contributed by atoms with Crippen molar-refractivity contribution in [1.82, 2.24) is 0 Å². The lowest BCUT2D eigenvalue weighted by Gasteiger charge is -2.62. The zero-order chi connectivity index (χ0) is 16.4. The molecule has 4 aliphatic rings. The maximum absolute atomic E-state index is 11.2. The first kappa shape index (κ1) is 15.9. The summed E-state index contributed by atoms with van der Waals surface area (Å²) in [7, 11) is 0. The summed E-state index contributed by atoms with van der Waals surface area (Å²) >= 11 is 0. The van der Waals surface area contributed by atoms with Gasteiger partial charge < -0.3 is 5.11 Å². The summed E-state index contributed by atoms with van der Waals surface area (Å²) in [5.41, 5.74) is 0.418. The van der Waals surface area contributed by atoms with Gasteiger partial charge in [-0.3, -0.25) is 0 Å². The highest BCUT2D eigenvalue weighted by molar-refractivity contribution is 5.14. The molecule has 4 fully saturated rings. The minimum Gasteiger partial charge on any atom is -0.393 e. The van der Waals surface area contributed by atoms with E-state index in [-0.39, 0.29) is 17.4 Å². The Hall–Kier alpha value is -0.550. The lowest BCUT2D eigenvalue weighted by molar-refractivity contribution is -0.169. The SMILES string of the molecule is C[C@@H]1CC[C@]2(C)C3[C@H](O)C[C@]4(C)[C@@H](C#N)CC[C@H]4[C@@H]3CC[C@H]2C1. The molecule has 1 unspecified atom stereocenters. The lowest BCUT2D eigenvalue weighted by Crippen LogP contribution is -2.58. The molecule has 0 radical (unpaired) electrons. The summed E-state index contributed by atoms with van der Waals surface area (Å²) in [4.78, 5) is 0. The van der Waals surface area contributed by atoms with Crippen molar-refractivity contribution >= 4 is 0 Å².